The van der Waals surface area contributed by atoms with Crippen molar-refractivity contribution in [3.05, 3.63) is 48.5 Å². The van der Waals surface area contributed by atoms with E-state index in [1.165, 1.54) is 0 Å². The molecule has 0 aliphatic carbocycles. The number of aromatic nitrogens is 2. The standard InChI is InChI=1S/C23H26N6O4/c1-33-17-10-8-16(9-11-17)25-20(30)15-29-21(31)7-4-13-28(14-12-24-23(29)32)22-26-18-5-2-3-6-19(18)27-22/h2-3,5-6,8-11H,4,7,12-15H2,1H3,(H,24,32)(H,25,30)(H,26,27). The maximum atomic E-state index is 12.7. The molecule has 10 heteroatoms. The van der Waals surface area contributed by atoms with E-state index in [1.54, 1.807) is 31.4 Å². The molecule has 0 radical (unpaired) electrons. The topological polar surface area (TPSA) is 120 Å². The second-order valence-corrected chi connectivity index (χ2v) is 7.66. The molecule has 3 aromatic rings. The van der Waals surface area contributed by atoms with Gasteiger partial charge in [0.25, 0.3) is 0 Å². The summed E-state index contributed by atoms with van der Waals surface area (Å²) in [4.78, 5) is 48.7. The average Bonchev–Trinajstić information content (AvgIpc) is 3.25. The first-order valence-electron chi connectivity index (χ1n) is 10.8. The third-order valence-corrected chi connectivity index (χ3v) is 5.37. The van der Waals surface area contributed by atoms with Crippen molar-refractivity contribution in [1.82, 2.24) is 20.2 Å². The number of hydrogen-bond donors (Lipinski definition) is 3. The molecule has 0 atom stereocenters. The highest BCUT2D eigenvalue weighted by Crippen LogP contribution is 2.18. The average molecular weight is 450 g/mol. The Kier molecular flexibility index (Phi) is 6.72. The van der Waals surface area contributed by atoms with Crippen LogP contribution in [0.15, 0.2) is 48.5 Å². The Balaban J connectivity index is 1.37. The number of methoxy groups -OCH3 is 1. The number of nitrogens with zero attached hydrogens (tertiary/aromatic N) is 3. The molecule has 0 unspecified atom stereocenters. The smallest absolute Gasteiger partial charge is 0.324 e. The molecule has 1 aliphatic heterocycles. The Morgan fingerprint density at radius 2 is 1.91 bits per heavy atom. The highest BCUT2D eigenvalue weighted by atomic mass is 16.5. The molecule has 1 fully saturated rings. The summed E-state index contributed by atoms with van der Waals surface area (Å²) in [6.07, 6.45) is 0.666. The number of hydrogen-bond acceptors (Lipinski definition) is 6. The number of nitrogens with one attached hydrogen (secondary N) is 3. The Morgan fingerprint density at radius 3 is 2.67 bits per heavy atom. The zero-order valence-electron chi connectivity index (χ0n) is 18.3. The molecular formula is C23H26N6O4. The molecule has 1 saturated heterocycles. The van der Waals surface area contributed by atoms with Crippen LogP contribution in [0.4, 0.5) is 16.4 Å². The molecule has 0 spiro atoms. The summed E-state index contributed by atoms with van der Waals surface area (Å²) in [6, 6.07) is 14.0. The number of benzene rings is 2. The van der Waals surface area contributed by atoms with Gasteiger partial charge in [-0.05, 0) is 42.8 Å². The highest BCUT2D eigenvalue weighted by molar-refractivity contribution is 6.01. The number of amides is 4. The van der Waals surface area contributed by atoms with Crippen molar-refractivity contribution < 1.29 is 19.1 Å². The molecule has 4 rings (SSSR count). The fourth-order valence-corrected chi connectivity index (χ4v) is 3.65. The zero-order chi connectivity index (χ0) is 23.2. The minimum absolute atomic E-state index is 0.139. The molecule has 3 N–H and O–H groups in total. The molecule has 4 amide bonds. The van der Waals surface area contributed by atoms with Gasteiger partial charge < -0.3 is 25.3 Å². The predicted octanol–water partition coefficient (Wildman–Crippen LogP) is 2.35. The van der Waals surface area contributed by atoms with E-state index in [0.29, 0.717) is 43.4 Å². The summed E-state index contributed by atoms with van der Waals surface area (Å²) in [5.41, 5.74) is 2.34. The lowest BCUT2D eigenvalue weighted by atomic mass is 10.2. The third-order valence-electron chi connectivity index (χ3n) is 5.37. The quantitative estimate of drug-likeness (QED) is 0.549. The Hall–Kier alpha value is -4.08. The van der Waals surface area contributed by atoms with Crippen LogP contribution in [0.3, 0.4) is 0 Å². The first-order chi connectivity index (χ1) is 16.0. The zero-order valence-corrected chi connectivity index (χ0v) is 18.3. The summed E-state index contributed by atoms with van der Waals surface area (Å²) in [5.74, 6) is 0.512. The number of anilines is 2. The van der Waals surface area contributed by atoms with E-state index < -0.39 is 17.8 Å². The number of imidazole rings is 1. The number of aromatic amines is 1. The van der Waals surface area contributed by atoms with Crippen LogP contribution in [0.5, 0.6) is 5.75 Å². The van der Waals surface area contributed by atoms with Gasteiger partial charge in [0.15, 0.2) is 0 Å². The van der Waals surface area contributed by atoms with Crippen LogP contribution in [0.1, 0.15) is 12.8 Å². The van der Waals surface area contributed by atoms with Crippen LogP contribution < -0.4 is 20.3 Å². The lowest BCUT2D eigenvalue weighted by molar-refractivity contribution is -0.131. The van der Waals surface area contributed by atoms with Crippen LogP contribution in [-0.4, -0.2) is 66.0 Å². The number of carbonyl (C=O) groups is 3. The number of imide groups is 1. The SMILES string of the molecule is COc1ccc(NC(=O)CN2C(=O)CCCN(c3nc4ccccc4[nH]3)CCNC2=O)cc1. The molecule has 1 aromatic heterocycles. The van der Waals surface area contributed by atoms with E-state index in [2.05, 4.69) is 20.6 Å². The number of urea groups is 1. The third kappa shape index (κ3) is 5.40. The van der Waals surface area contributed by atoms with Gasteiger partial charge in [0.2, 0.25) is 17.8 Å². The summed E-state index contributed by atoms with van der Waals surface area (Å²) >= 11 is 0. The van der Waals surface area contributed by atoms with Crippen LogP contribution >= 0.6 is 0 Å². The van der Waals surface area contributed by atoms with E-state index in [-0.39, 0.29) is 13.0 Å². The van der Waals surface area contributed by atoms with Gasteiger partial charge in [0.1, 0.15) is 12.3 Å². The number of H-pyrrole nitrogens is 1. The molecule has 2 aromatic carbocycles. The number of para-hydroxylation sites is 2. The van der Waals surface area contributed by atoms with Gasteiger partial charge in [-0.3, -0.25) is 14.5 Å². The monoisotopic (exact) mass is 450 g/mol. The molecule has 2 heterocycles. The first-order valence-corrected chi connectivity index (χ1v) is 10.8. The van der Waals surface area contributed by atoms with Crippen molar-refractivity contribution in [1.29, 1.82) is 0 Å². The molecule has 0 bridgehead atoms. The molecule has 172 valence electrons. The summed E-state index contributed by atoms with van der Waals surface area (Å²) in [6.45, 7) is 1.06. The fraction of sp³-hybridized carbons (Fsp3) is 0.304. The number of rotatable bonds is 5. The molecule has 0 saturated carbocycles. The van der Waals surface area contributed by atoms with Gasteiger partial charge in [-0.15, -0.1) is 0 Å². The van der Waals surface area contributed by atoms with Crippen molar-refractivity contribution >= 4 is 40.5 Å². The van der Waals surface area contributed by atoms with Gasteiger partial charge in [0, 0.05) is 31.7 Å². The Labute approximate surface area is 190 Å². The van der Waals surface area contributed by atoms with Crippen LogP contribution in [0, 0.1) is 0 Å². The van der Waals surface area contributed by atoms with Gasteiger partial charge in [-0.25, -0.2) is 9.78 Å². The van der Waals surface area contributed by atoms with Crippen molar-refractivity contribution in [3.63, 3.8) is 0 Å². The van der Waals surface area contributed by atoms with Crippen molar-refractivity contribution in [2.45, 2.75) is 12.8 Å². The second-order valence-electron chi connectivity index (χ2n) is 7.66. The predicted molar refractivity (Wildman–Crippen MR) is 124 cm³/mol. The maximum absolute atomic E-state index is 12.7. The van der Waals surface area contributed by atoms with Crippen molar-refractivity contribution in [3.8, 4) is 5.75 Å². The lowest BCUT2D eigenvalue weighted by Gasteiger charge is -2.27. The lowest BCUT2D eigenvalue weighted by Crippen LogP contribution is -2.50. The van der Waals surface area contributed by atoms with Crippen LogP contribution in [-0.2, 0) is 9.59 Å². The minimum Gasteiger partial charge on any atom is -0.497 e. The van der Waals surface area contributed by atoms with Crippen molar-refractivity contribution in [2.24, 2.45) is 0 Å². The maximum Gasteiger partial charge on any atom is 0.324 e. The van der Waals surface area contributed by atoms with E-state index in [9.17, 15) is 14.4 Å². The van der Waals surface area contributed by atoms with Gasteiger partial charge >= 0.3 is 6.03 Å². The van der Waals surface area contributed by atoms with E-state index >= 15 is 0 Å². The van der Waals surface area contributed by atoms with Gasteiger partial charge in [0.05, 0.1) is 18.1 Å². The largest absolute Gasteiger partial charge is 0.497 e. The first kappa shape index (κ1) is 22.1. The highest BCUT2D eigenvalue weighted by Gasteiger charge is 2.25. The minimum atomic E-state index is -0.587. The molecule has 1 aliphatic rings. The van der Waals surface area contributed by atoms with Crippen LogP contribution in [0.2, 0.25) is 0 Å². The number of ether oxygens (including phenoxy) is 1. The molecule has 33 heavy (non-hydrogen) atoms. The van der Waals surface area contributed by atoms with Gasteiger partial charge in [-0.2, -0.15) is 0 Å². The van der Waals surface area contributed by atoms with E-state index in [0.717, 1.165) is 15.9 Å². The Morgan fingerprint density at radius 1 is 1.12 bits per heavy atom. The van der Waals surface area contributed by atoms with E-state index in [1.807, 2.05) is 29.2 Å². The molecule has 10 nitrogen and oxygen atoms in total. The van der Waals surface area contributed by atoms with Gasteiger partial charge in [-0.1, -0.05) is 12.1 Å². The molecular weight excluding hydrogens is 424 g/mol. The van der Waals surface area contributed by atoms with Crippen molar-refractivity contribution in [2.75, 3.05) is 43.5 Å². The summed E-state index contributed by atoms with van der Waals surface area (Å²) < 4.78 is 5.09. The normalized spacial score (nSPS) is 15.3. The summed E-state index contributed by atoms with van der Waals surface area (Å²) in [7, 11) is 1.56. The fourth-order valence-electron chi connectivity index (χ4n) is 3.65. The number of carbonyl (C=O) groups excluding carboxylic acids is 3. The second kappa shape index (κ2) is 10.0. The summed E-state index contributed by atoms with van der Waals surface area (Å²) in [5, 5.41) is 5.43. The van der Waals surface area contributed by atoms with Crippen LogP contribution in [0.25, 0.3) is 11.0 Å². The Bertz CT molecular complexity index is 1090. The number of fused-ring (bicyclic) bond motifs is 1. The van der Waals surface area contributed by atoms with E-state index in [4.69, 9.17) is 4.74 Å².